The van der Waals surface area contributed by atoms with E-state index in [0.29, 0.717) is 0 Å². The third kappa shape index (κ3) is 1.39. The van der Waals surface area contributed by atoms with Crippen LogP contribution in [0.25, 0.3) is 21.8 Å². The minimum Gasteiger partial charge on any atom is -0.253 e. The van der Waals surface area contributed by atoms with E-state index in [1.54, 1.807) is 12.4 Å². The average molecular weight is 273 g/mol. The van der Waals surface area contributed by atoms with Crippen molar-refractivity contribution in [1.82, 2.24) is 9.97 Å². The lowest BCUT2D eigenvalue weighted by Crippen LogP contribution is -1.88. The summed E-state index contributed by atoms with van der Waals surface area (Å²) >= 11 is 3.52. The van der Waals surface area contributed by atoms with Crippen LogP contribution in [0, 0.1) is 0 Å². The van der Waals surface area contributed by atoms with Crippen molar-refractivity contribution in [2.24, 2.45) is 0 Å². The number of nitrogens with zero attached hydrogens (tertiary/aromatic N) is 2. The summed E-state index contributed by atoms with van der Waals surface area (Å²) in [6.07, 6.45) is 3.47. The van der Waals surface area contributed by atoms with Crippen molar-refractivity contribution in [2.45, 2.75) is 5.33 Å². The molecular formula is C13H9BrN2. The predicted octanol–water partition coefficient (Wildman–Crippen LogP) is 3.68. The van der Waals surface area contributed by atoms with Crippen LogP contribution in [0.15, 0.2) is 42.7 Å². The van der Waals surface area contributed by atoms with E-state index in [-0.39, 0.29) is 0 Å². The smallest absolute Gasteiger partial charge is 0.0965 e. The molecule has 0 aliphatic rings. The second-order valence-corrected chi connectivity index (χ2v) is 4.20. The molecule has 0 amide bonds. The van der Waals surface area contributed by atoms with Crippen LogP contribution in [-0.4, -0.2) is 9.97 Å². The topological polar surface area (TPSA) is 25.8 Å². The van der Waals surface area contributed by atoms with E-state index in [9.17, 15) is 0 Å². The fraction of sp³-hybridized carbons (Fsp3) is 0.0769. The second-order valence-electron chi connectivity index (χ2n) is 3.64. The molecule has 78 valence electrons. The van der Waals surface area contributed by atoms with Crippen LogP contribution < -0.4 is 0 Å². The number of hydrogen-bond acceptors (Lipinski definition) is 2. The van der Waals surface area contributed by atoms with Gasteiger partial charge in [-0.1, -0.05) is 40.2 Å². The zero-order chi connectivity index (χ0) is 11.0. The molecule has 0 aliphatic carbocycles. The van der Waals surface area contributed by atoms with E-state index < -0.39 is 0 Å². The van der Waals surface area contributed by atoms with Gasteiger partial charge in [0.25, 0.3) is 0 Å². The Morgan fingerprint density at radius 1 is 1.00 bits per heavy atom. The average Bonchev–Trinajstić information content (AvgIpc) is 2.38. The highest BCUT2D eigenvalue weighted by Crippen LogP contribution is 2.27. The monoisotopic (exact) mass is 272 g/mol. The normalized spacial score (nSPS) is 11.1. The van der Waals surface area contributed by atoms with Crippen molar-refractivity contribution in [3.8, 4) is 0 Å². The van der Waals surface area contributed by atoms with Crippen molar-refractivity contribution >= 4 is 37.7 Å². The molecule has 3 rings (SSSR count). The molecule has 0 radical (unpaired) electrons. The Hall–Kier alpha value is -1.48. The van der Waals surface area contributed by atoms with Gasteiger partial charge in [-0.05, 0) is 17.0 Å². The maximum absolute atomic E-state index is 4.41. The second kappa shape index (κ2) is 3.83. The summed E-state index contributed by atoms with van der Waals surface area (Å²) in [5, 5.41) is 3.25. The van der Waals surface area contributed by atoms with E-state index in [0.717, 1.165) is 16.4 Å². The number of rotatable bonds is 1. The summed E-state index contributed by atoms with van der Waals surface area (Å²) < 4.78 is 0. The Bertz CT molecular complexity index is 664. The molecule has 0 N–H and O–H groups in total. The van der Waals surface area contributed by atoms with E-state index in [1.807, 2.05) is 6.07 Å². The van der Waals surface area contributed by atoms with Crippen LogP contribution >= 0.6 is 15.9 Å². The highest BCUT2D eigenvalue weighted by atomic mass is 79.9. The molecule has 0 aliphatic heterocycles. The van der Waals surface area contributed by atoms with Crippen LogP contribution in [0.4, 0.5) is 0 Å². The van der Waals surface area contributed by atoms with Gasteiger partial charge in [-0.25, -0.2) is 0 Å². The van der Waals surface area contributed by atoms with E-state index in [1.165, 1.54) is 16.3 Å². The first-order valence-electron chi connectivity index (χ1n) is 5.07. The minimum atomic E-state index is 0.833. The van der Waals surface area contributed by atoms with Crippen LogP contribution in [0.5, 0.6) is 0 Å². The number of benzene rings is 2. The van der Waals surface area contributed by atoms with Gasteiger partial charge < -0.3 is 0 Å². The molecule has 1 aromatic heterocycles. The molecule has 0 saturated heterocycles. The molecule has 3 heteroatoms. The Kier molecular flexibility index (Phi) is 2.33. The minimum absolute atomic E-state index is 0.833. The quantitative estimate of drug-likeness (QED) is 0.499. The Morgan fingerprint density at radius 2 is 1.75 bits per heavy atom. The van der Waals surface area contributed by atoms with E-state index >= 15 is 0 Å². The van der Waals surface area contributed by atoms with Crippen molar-refractivity contribution in [2.75, 3.05) is 0 Å². The highest BCUT2D eigenvalue weighted by Gasteiger charge is 2.06. The fourth-order valence-corrected chi connectivity index (χ4v) is 2.45. The molecule has 0 bridgehead atoms. The zero-order valence-electron chi connectivity index (χ0n) is 8.52. The lowest BCUT2D eigenvalue weighted by atomic mass is 10.0. The van der Waals surface area contributed by atoms with Crippen LogP contribution in [0.1, 0.15) is 5.56 Å². The molecule has 2 aromatic carbocycles. The summed E-state index contributed by atoms with van der Waals surface area (Å²) in [5.41, 5.74) is 3.18. The number of alkyl halides is 1. The van der Waals surface area contributed by atoms with E-state index in [4.69, 9.17) is 0 Å². The van der Waals surface area contributed by atoms with Crippen molar-refractivity contribution in [3.05, 3.63) is 48.3 Å². The van der Waals surface area contributed by atoms with Crippen LogP contribution in [-0.2, 0) is 5.33 Å². The summed E-state index contributed by atoms with van der Waals surface area (Å²) in [6.45, 7) is 0. The number of fused-ring (bicyclic) bond motifs is 3. The third-order valence-corrected chi connectivity index (χ3v) is 3.31. The summed E-state index contributed by atoms with van der Waals surface area (Å²) in [7, 11) is 0. The first kappa shape index (κ1) is 9.73. The summed E-state index contributed by atoms with van der Waals surface area (Å²) in [4.78, 5) is 8.76. The molecule has 0 atom stereocenters. The Labute approximate surface area is 101 Å². The predicted molar refractivity (Wildman–Crippen MR) is 69.7 cm³/mol. The molecule has 0 unspecified atom stereocenters. The van der Waals surface area contributed by atoms with Crippen LogP contribution in [0.2, 0.25) is 0 Å². The lowest BCUT2D eigenvalue weighted by molar-refractivity contribution is 1.29. The first-order valence-corrected chi connectivity index (χ1v) is 6.19. The largest absolute Gasteiger partial charge is 0.253 e. The van der Waals surface area contributed by atoms with Gasteiger partial charge in [0, 0.05) is 23.1 Å². The van der Waals surface area contributed by atoms with Gasteiger partial charge in [-0.15, -0.1) is 0 Å². The Balaban J connectivity index is 2.57. The molecular weight excluding hydrogens is 264 g/mol. The van der Waals surface area contributed by atoms with Gasteiger partial charge in [0.1, 0.15) is 0 Å². The van der Waals surface area contributed by atoms with E-state index in [2.05, 4.69) is 50.2 Å². The van der Waals surface area contributed by atoms with Gasteiger partial charge in [-0.2, -0.15) is 0 Å². The van der Waals surface area contributed by atoms with Gasteiger partial charge in [0.15, 0.2) is 0 Å². The molecule has 0 fully saturated rings. The molecule has 1 heterocycles. The maximum Gasteiger partial charge on any atom is 0.0965 e. The van der Waals surface area contributed by atoms with Crippen molar-refractivity contribution in [3.63, 3.8) is 0 Å². The number of hydrogen-bond donors (Lipinski definition) is 0. The molecule has 0 spiro atoms. The Morgan fingerprint density at radius 3 is 2.56 bits per heavy atom. The highest BCUT2D eigenvalue weighted by molar-refractivity contribution is 9.08. The van der Waals surface area contributed by atoms with Gasteiger partial charge in [0.2, 0.25) is 0 Å². The lowest BCUT2D eigenvalue weighted by Gasteiger charge is -2.06. The number of aromatic nitrogens is 2. The fourth-order valence-electron chi connectivity index (χ4n) is 1.98. The summed E-state index contributed by atoms with van der Waals surface area (Å²) in [5.74, 6) is 0. The molecule has 16 heavy (non-hydrogen) atoms. The van der Waals surface area contributed by atoms with Gasteiger partial charge in [0.05, 0.1) is 11.0 Å². The molecule has 2 nitrogen and oxygen atoms in total. The van der Waals surface area contributed by atoms with Crippen molar-refractivity contribution < 1.29 is 0 Å². The summed E-state index contributed by atoms with van der Waals surface area (Å²) in [6, 6.07) is 10.4. The molecule has 3 aromatic rings. The standard InChI is InChI=1S/C13H9BrN2/c14-8-9-7-12-13(16-6-5-15-12)11-4-2-1-3-10(9)11/h1-7H,8H2. The SMILES string of the molecule is BrCc1cc2nccnc2c2ccccc12. The van der Waals surface area contributed by atoms with Gasteiger partial charge in [-0.3, -0.25) is 9.97 Å². The number of halogens is 1. The third-order valence-electron chi connectivity index (χ3n) is 2.71. The first-order chi connectivity index (χ1) is 7.90. The van der Waals surface area contributed by atoms with Gasteiger partial charge >= 0.3 is 0 Å². The maximum atomic E-state index is 4.41. The molecule has 0 saturated carbocycles. The van der Waals surface area contributed by atoms with Crippen molar-refractivity contribution in [1.29, 1.82) is 0 Å². The van der Waals surface area contributed by atoms with Crippen LogP contribution in [0.3, 0.4) is 0 Å². The zero-order valence-corrected chi connectivity index (χ0v) is 10.1.